The maximum atomic E-state index is 12.1. The second-order valence-corrected chi connectivity index (χ2v) is 5.37. The number of likely N-dealkylation sites (N-methyl/N-ethyl adjacent to an activating group) is 1. The number of rotatable bonds is 5. The van der Waals surface area contributed by atoms with Crippen LogP contribution in [0.3, 0.4) is 0 Å². The summed E-state index contributed by atoms with van der Waals surface area (Å²) in [6, 6.07) is 0.550. The van der Waals surface area contributed by atoms with Gasteiger partial charge in [0.15, 0.2) is 0 Å². The summed E-state index contributed by atoms with van der Waals surface area (Å²) in [5, 5.41) is 0. The molecule has 1 amide bonds. The lowest BCUT2D eigenvalue weighted by molar-refractivity contribution is -0.133. The van der Waals surface area contributed by atoms with Crippen LogP contribution >= 0.6 is 0 Å². The largest absolute Gasteiger partial charge is 0.339 e. The van der Waals surface area contributed by atoms with Crippen LogP contribution in [0.4, 0.5) is 0 Å². The van der Waals surface area contributed by atoms with Crippen molar-refractivity contribution in [3.05, 3.63) is 0 Å². The fraction of sp³-hybridized carbons (Fsp3) is 0.923. The summed E-state index contributed by atoms with van der Waals surface area (Å²) in [5.74, 6) is 0.994. The summed E-state index contributed by atoms with van der Waals surface area (Å²) in [6.07, 6.45) is 4.71. The first-order chi connectivity index (χ1) is 8.24. The van der Waals surface area contributed by atoms with Gasteiger partial charge >= 0.3 is 0 Å². The van der Waals surface area contributed by atoms with Crippen LogP contribution in [-0.4, -0.2) is 54.5 Å². The summed E-state index contributed by atoms with van der Waals surface area (Å²) in [6.45, 7) is 6.43. The molecule has 0 spiro atoms. The molecule has 0 aromatic heterocycles. The van der Waals surface area contributed by atoms with Gasteiger partial charge in [-0.05, 0) is 58.2 Å². The first-order valence-electron chi connectivity index (χ1n) is 6.96. The van der Waals surface area contributed by atoms with Crippen molar-refractivity contribution in [2.24, 2.45) is 11.7 Å². The molecule has 0 aromatic carbocycles. The molecule has 1 heterocycles. The Labute approximate surface area is 104 Å². The van der Waals surface area contributed by atoms with Gasteiger partial charge in [0, 0.05) is 12.6 Å². The molecule has 2 fully saturated rings. The van der Waals surface area contributed by atoms with Crippen LogP contribution in [0.25, 0.3) is 0 Å². The van der Waals surface area contributed by atoms with Crippen LogP contribution < -0.4 is 5.73 Å². The molecule has 1 saturated heterocycles. The van der Waals surface area contributed by atoms with E-state index >= 15 is 0 Å². The van der Waals surface area contributed by atoms with Crippen LogP contribution in [0.5, 0.6) is 0 Å². The van der Waals surface area contributed by atoms with Crippen molar-refractivity contribution in [1.29, 1.82) is 0 Å². The standard InChI is InChI=1S/C13H25N3O/c1-2-16(12-3-4-12)13(17)10-15-7-5-11(9-14)6-8-15/h11-12H,2-10,14H2,1H3. The molecule has 1 aliphatic carbocycles. The van der Waals surface area contributed by atoms with Gasteiger partial charge in [-0.25, -0.2) is 0 Å². The van der Waals surface area contributed by atoms with Crippen LogP contribution in [0.2, 0.25) is 0 Å². The smallest absolute Gasteiger partial charge is 0.236 e. The zero-order chi connectivity index (χ0) is 12.3. The number of hydrogen-bond acceptors (Lipinski definition) is 3. The minimum Gasteiger partial charge on any atom is -0.339 e. The van der Waals surface area contributed by atoms with Gasteiger partial charge in [-0.15, -0.1) is 0 Å². The third-order valence-corrected chi connectivity index (χ3v) is 4.05. The second kappa shape index (κ2) is 5.83. The number of nitrogens with two attached hydrogens (primary N) is 1. The third kappa shape index (κ3) is 3.42. The molecule has 0 bridgehead atoms. The molecule has 0 aromatic rings. The molecule has 0 unspecified atom stereocenters. The lowest BCUT2D eigenvalue weighted by Crippen LogP contribution is -2.44. The van der Waals surface area contributed by atoms with E-state index in [0.717, 1.165) is 39.0 Å². The Kier molecular flexibility index (Phi) is 4.40. The first kappa shape index (κ1) is 12.8. The van der Waals surface area contributed by atoms with Gasteiger partial charge in [-0.2, -0.15) is 0 Å². The average molecular weight is 239 g/mol. The number of nitrogens with zero attached hydrogens (tertiary/aromatic N) is 2. The Bertz CT molecular complexity index is 257. The highest BCUT2D eigenvalue weighted by Crippen LogP contribution is 2.26. The number of carbonyl (C=O) groups excluding carboxylic acids is 1. The topological polar surface area (TPSA) is 49.6 Å². The Balaban J connectivity index is 1.75. The lowest BCUT2D eigenvalue weighted by atomic mass is 9.97. The third-order valence-electron chi connectivity index (χ3n) is 4.05. The Morgan fingerprint density at radius 3 is 2.41 bits per heavy atom. The van der Waals surface area contributed by atoms with E-state index in [0.29, 0.717) is 24.4 Å². The Morgan fingerprint density at radius 1 is 1.29 bits per heavy atom. The SMILES string of the molecule is CCN(C(=O)CN1CCC(CN)CC1)C1CC1. The highest BCUT2D eigenvalue weighted by atomic mass is 16.2. The molecule has 17 heavy (non-hydrogen) atoms. The van der Waals surface area contributed by atoms with Crippen LogP contribution in [-0.2, 0) is 4.79 Å². The number of piperidine rings is 1. The maximum absolute atomic E-state index is 12.1. The van der Waals surface area contributed by atoms with E-state index in [1.54, 1.807) is 0 Å². The normalized spacial score (nSPS) is 22.7. The zero-order valence-electron chi connectivity index (χ0n) is 10.9. The van der Waals surface area contributed by atoms with Crippen LogP contribution in [0.15, 0.2) is 0 Å². The van der Waals surface area contributed by atoms with Crippen molar-refractivity contribution in [1.82, 2.24) is 9.80 Å². The van der Waals surface area contributed by atoms with E-state index in [9.17, 15) is 4.79 Å². The van der Waals surface area contributed by atoms with Crippen LogP contribution in [0.1, 0.15) is 32.6 Å². The molecule has 2 aliphatic rings. The molecule has 2 N–H and O–H groups in total. The molecule has 98 valence electrons. The van der Waals surface area contributed by atoms with Crippen molar-refractivity contribution in [2.45, 2.75) is 38.6 Å². The van der Waals surface area contributed by atoms with E-state index in [2.05, 4.69) is 16.7 Å². The molecule has 1 saturated carbocycles. The van der Waals surface area contributed by atoms with Gasteiger partial charge in [0.2, 0.25) is 5.91 Å². The van der Waals surface area contributed by atoms with Crippen molar-refractivity contribution in [2.75, 3.05) is 32.7 Å². The Hall–Kier alpha value is -0.610. The van der Waals surface area contributed by atoms with Crippen molar-refractivity contribution >= 4 is 5.91 Å². The summed E-state index contributed by atoms with van der Waals surface area (Å²) in [7, 11) is 0. The molecule has 4 nitrogen and oxygen atoms in total. The number of hydrogen-bond donors (Lipinski definition) is 1. The second-order valence-electron chi connectivity index (χ2n) is 5.37. The summed E-state index contributed by atoms with van der Waals surface area (Å²) in [5.41, 5.74) is 5.67. The van der Waals surface area contributed by atoms with Gasteiger partial charge in [-0.1, -0.05) is 0 Å². The predicted octanol–water partition coefficient (Wildman–Crippen LogP) is 0.668. The van der Waals surface area contributed by atoms with Crippen molar-refractivity contribution in [3.8, 4) is 0 Å². The van der Waals surface area contributed by atoms with E-state index in [1.807, 2.05) is 0 Å². The molecule has 0 atom stereocenters. The minimum absolute atomic E-state index is 0.321. The van der Waals surface area contributed by atoms with Gasteiger partial charge in [-0.3, -0.25) is 9.69 Å². The van der Waals surface area contributed by atoms with Gasteiger partial charge in [0.05, 0.1) is 6.54 Å². The fourth-order valence-electron chi connectivity index (χ4n) is 2.69. The fourth-order valence-corrected chi connectivity index (χ4v) is 2.69. The molecular formula is C13H25N3O. The van der Waals surface area contributed by atoms with E-state index in [-0.39, 0.29) is 0 Å². The van der Waals surface area contributed by atoms with Gasteiger partial charge in [0.1, 0.15) is 0 Å². The molecule has 4 heteroatoms. The van der Waals surface area contributed by atoms with Crippen molar-refractivity contribution in [3.63, 3.8) is 0 Å². The summed E-state index contributed by atoms with van der Waals surface area (Å²) < 4.78 is 0. The van der Waals surface area contributed by atoms with Crippen LogP contribution in [0, 0.1) is 5.92 Å². The van der Waals surface area contributed by atoms with E-state index in [4.69, 9.17) is 5.73 Å². The quantitative estimate of drug-likeness (QED) is 0.767. The number of likely N-dealkylation sites (tertiary alicyclic amines) is 1. The van der Waals surface area contributed by atoms with Gasteiger partial charge < -0.3 is 10.6 Å². The number of carbonyl (C=O) groups is 1. The van der Waals surface area contributed by atoms with E-state index < -0.39 is 0 Å². The predicted molar refractivity (Wildman–Crippen MR) is 68.6 cm³/mol. The molecule has 0 radical (unpaired) electrons. The Morgan fingerprint density at radius 2 is 1.94 bits per heavy atom. The summed E-state index contributed by atoms with van der Waals surface area (Å²) >= 11 is 0. The minimum atomic E-state index is 0.321. The zero-order valence-corrected chi connectivity index (χ0v) is 10.9. The maximum Gasteiger partial charge on any atom is 0.236 e. The van der Waals surface area contributed by atoms with Gasteiger partial charge in [0.25, 0.3) is 0 Å². The first-order valence-corrected chi connectivity index (χ1v) is 6.96. The average Bonchev–Trinajstić information content (AvgIpc) is 3.15. The van der Waals surface area contributed by atoms with Crippen molar-refractivity contribution < 1.29 is 4.79 Å². The summed E-state index contributed by atoms with van der Waals surface area (Å²) in [4.78, 5) is 16.5. The number of amides is 1. The van der Waals surface area contributed by atoms with E-state index in [1.165, 1.54) is 12.8 Å². The lowest BCUT2D eigenvalue weighted by Gasteiger charge is -2.32. The highest BCUT2D eigenvalue weighted by Gasteiger charge is 2.32. The highest BCUT2D eigenvalue weighted by molar-refractivity contribution is 5.78. The molecule has 1 aliphatic heterocycles. The molecular weight excluding hydrogens is 214 g/mol. The monoisotopic (exact) mass is 239 g/mol. The molecule has 2 rings (SSSR count).